The van der Waals surface area contributed by atoms with Crippen molar-refractivity contribution >= 4 is 16.7 Å². The van der Waals surface area contributed by atoms with Crippen molar-refractivity contribution < 1.29 is 14.3 Å². The third-order valence-corrected chi connectivity index (χ3v) is 5.36. The molecular weight excluding hydrogens is 376 g/mol. The van der Waals surface area contributed by atoms with Gasteiger partial charge in [0.25, 0.3) is 0 Å². The lowest BCUT2D eigenvalue weighted by molar-refractivity contribution is -0.122. The molecule has 0 aromatic heterocycles. The van der Waals surface area contributed by atoms with E-state index in [1.165, 1.54) is 10.8 Å². The lowest BCUT2D eigenvalue weighted by Gasteiger charge is -2.21. The molecule has 1 amide bonds. The van der Waals surface area contributed by atoms with Crippen molar-refractivity contribution in [2.24, 2.45) is 0 Å². The van der Waals surface area contributed by atoms with Crippen LogP contribution in [-0.4, -0.2) is 38.6 Å². The second-order valence-corrected chi connectivity index (χ2v) is 7.66. The van der Waals surface area contributed by atoms with Crippen molar-refractivity contribution in [2.75, 3.05) is 27.8 Å². The van der Waals surface area contributed by atoms with Crippen molar-refractivity contribution in [3.8, 4) is 11.5 Å². The lowest BCUT2D eigenvalue weighted by atomic mass is 10.00. The van der Waals surface area contributed by atoms with Crippen LogP contribution in [0.5, 0.6) is 11.5 Å². The van der Waals surface area contributed by atoms with Gasteiger partial charge in [-0.1, -0.05) is 42.5 Å². The van der Waals surface area contributed by atoms with E-state index < -0.39 is 0 Å². The number of hydrogen-bond donors (Lipinski definition) is 1. The van der Waals surface area contributed by atoms with E-state index in [4.69, 9.17) is 9.47 Å². The summed E-state index contributed by atoms with van der Waals surface area (Å²) >= 11 is 0. The van der Waals surface area contributed by atoms with Crippen LogP contribution in [0.15, 0.2) is 54.6 Å². The van der Waals surface area contributed by atoms with Gasteiger partial charge in [0, 0.05) is 6.54 Å². The van der Waals surface area contributed by atoms with Crippen molar-refractivity contribution in [3.63, 3.8) is 0 Å². The molecule has 3 aromatic carbocycles. The minimum atomic E-state index is -0.0696. The summed E-state index contributed by atoms with van der Waals surface area (Å²) in [7, 11) is 5.20. The number of benzene rings is 3. The van der Waals surface area contributed by atoms with Crippen molar-refractivity contribution in [1.29, 1.82) is 0 Å². The quantitative estimate of drug-likeness (QED) is 0.599. The zero-order valence-corrected chi connectivity index (χ0v) is 18.4. The number of methoxy groups -OCH3 is 2. The number of carbonyl (C=O) groups excluding carboxylic acids is 1. The van der Waals surface area contributed by atoms with Crippen LogP contribution >= 0.6 is 0 Å². The predicted molar refractivity (Wildman–Crippen MR) is 121 cm³/mol. The molecule has 0 aliphatic carbocycles. The highest BCUT2D eigenvalue weighted by atomic mass is 16.5. The minimum Gasteiger partial charge on any atom is -0.493 e. The summed E-state index contributed by atoms with van der Waals surface area (Å²) in [5, 5.41) is 5.48. The monoisotopic (exact) mass is 406 g/mol. The van der Waals surface area contributed by atoms with E-state index in [0.29, 0.717) is 24.6 Å². The molecule has 1 N–H and O–H groups in total. The summed E-state index contributed by atoms with van der Waals surface area (Å²) in [4.78, 5) is 14.7. The van der Waals surface area contributed by atoms with E-state index in [2.05, 4.69) is 29.6 Å². The molecule has 3 aromatic rings. The Balaban J connectivity index is 1.65. The highest BCUT2D eigenvalue weighted by molar-refractivity contribution is 5.87. The van der Waals surface area contributed by atoms with E-state index in [1.807, 2.05) is 56.1 Å². The molecule has 3 rings (SSSR count). The fourth-order valence-electron chi connectivity index (χ4n) is 3.78. The Morgan fingerprint density at radius 2 is 1.70 bits per heavy atom. The van der Waals surface area contributed by atoms with Gasteiger partial charge in [0.05, 0.1) is 26.8 Å². The fraction of sp³-hybridized carbons (Fsp3) is 0.320. The van der Waals surface area contributed by atoms with Crippen LogP contribution < -0.4 is 14.8 Å². The normalized spacial score (nSPS) is 12.1. The number of rotatable bonds is 8. The summed E-state index contributed by atoms with van der Waals surface area (Å²) < 4.78 is 10.8. The molecule has 0 saturated carbocycles. The van der Waals surface area contributed by atoms with Crippen LogP contribution in [0.4, 0.5) is 0 Å². The van der Waals surface area contributed by atoms with Gasteiger partial charge in [-0.05, 0) is 60.5 Å². The average molecular weight is 407 g/mol. The molecule has 0 aliphatic rings. The summed E-state index contributed by atoms with van der Waals surface area (Å²) in [6.07, 6.45) is 0. The van der Waals surface area contributed by atoms with Gasteiger partial charge in [0.15, 0.2) is 11.5 Å². The maximum absolute atomic E-state index is 12.7. The van der Waals surface area contributed by atoms with Crippen LogP contribution in [0.1, 0.15) is 29.7 Å². The fourth-order valence-corrected chi connectivity index (χ4v) is 3.78. The number of nitrogens with one attached hydrogen (secondary N) is 1. The second kappa shape index (κ2) is 9.63. The highest BCUT2D eigenvalue weighted by Gasteiger charge is 2.15. The Morgan fingerprint density at radius 3 is 2.43 bits per heavy atom. The molecule has 0 aliphatic heterocycles. The molecule has 0 heterocycles. The zero-order valence-electron chi connectivity index (χ0n) is 18.4. The Morgan fingerprint density at radius 1 is 1.03 bits per heavy atom. The third-order valence-electron chi connectivity index (χ3n) is 5.36. The molecule has 30 heavy (non-hydrogen) atoms. The topological polar surface area (TPSA) is 50.8 Å². The summed E-state index contributed by atoms with van der Waals surface area (Å²) in [5.41, 5.74) is 3.33. The molecule has 0 unspecified atom stereocenters. The molecule has 0 radical (unpaired) electrons. The molecule has 5 heteroatoms. The first kappa shape index (κ1) is 21.7. The van der Waals surface area contributed by atoms with Crippen LogP contribution in [0.2, 0.25) is 0 Å². The first-order valence-electron chi connectivity index (χ1n) is 10.1. The van der Waals surface area contributed by atoms with E-state index in [0.717, 1.165) is 16.7 Å². The largest absolute Gasteiger partial charge is 0.493 e. The molecule has 0 spiro atoms. The zero-order chi connectivity index (χ0) is 21.7. The Labute approximate surface area is 178 Å². The first-order valence-corrected chi connectivity index (χ1v) is 10.1. The highest BCUT2D eigenvalue weighted by Crippen LogP contribution is 2.30. The number of ether oxygens (including phenoxy) is 2. The SMILES string of the molecule is COc1cc(C)c(CN(C)CC(=O)N[C@H](C)c2cccc3ccccc23)cc1OC. The van der Waals surface area contributed by atoms with Crippen LogP contribution in [-0.2, 0) is 11.3 Å². The molecule has 0 fully saturated rings. The maximum atomic E-state index is 12.7. The van der Waals surface area contributed by atoms with Gasteiger partial charge in [-0.15, -0.1) is 0 Å². The Hall–Kier alpha value is -3.05. The van der Waals surface area contributed by atoms with E-state index in [-0.39, 0.29) is 11.9 Å². The van der Waals surface area contributed by atoms with Crippen LogP contribution in [0.25, 0.3) is 10.8 Å². The predicted octanol–water partition coefficient (Wildman–Crippen LogP) is 4.47. The standard InChI is InChI=1S/C25H30N2O3/c1-17-13-23(29-4)24(30-5)14-20(17)15-27(3)16-25(28)26-18(2)21-12-8-10-19-9-6-7-11-22(19)21/h6-14,18H,15-16H2,1-5H3,(H,26,28)/t18-/m1/s1. The average Bonchev–Trinajstić information content (AvgIpc) is 2.74. The minimum absolute atomic E-state index is 0.00364. The number of carbonyl (C=O) groups is 1. The molecule has 1 atom stereocenters. The number of aryl methyl sites for hydroxylation is 1. The third kappa shape index (κ3) is 4.92. The number of amides is 1. The number of likely N-dealkylation sites (N-methyl/N-ethyl adjacent to an activating group) is 1. The number of fused-ring (bicyclic) bond motifs is 1. The number of nitrogens with zero attached hydrogens (tertiary/aromatic N) is 1. The second-order valence-electron chi connectivity index (χ2n) is 7.66. The Kier molecular flexibility index (Phi) is 6.95. The van der Waals surface area contributed by atoms with Gasteiger partial charge in [0.2, 0.25) is 5.91 Å². The smallest absolute Gasteiger partial charge is 0.234 e. The van der Waals surface area contributed by atoms with Crippen molar-refractivity contribution in [3.05, 3.63) is 71.3 Å². The van der Waals surface area contributed by atoms with Crippen LogP contribution in [0, 0.1) is 6.92 Å². The van der Waals surface area contributed by atoms with Crippen molar-refractivity contribution in [1.82, 2.24) is 10.2 Å². The molecular formula is C25H30N2O3. The maximum Gasteiger partial charge on any atom is 0.234 e. The number of hydrogen-bond acceptors (Lipinski definition) is 4. The van der Waals surface area contributed by atoms with Gasteiger partial charge in [0.1, 0.15) is 0 Å². The molecule has 158 valence electrons. The van der Waals surface area contributed by atoms with Gasteiger partial charge in [-0.2, -0.15) is 0 Å². The molecule has 0 saturated heterocycles. The van der Waals surface area contributed by atoms with E-state index >= 15 is 0 Å². The summed E-state index contributed by atoms with van der Waals surface area (Å²) in [6, 6.07) is 18.3. The summed E-state index contributed by atoms with van der Waals surface area (Å²) in [5.74, 6) is 1.40. The Bertz CT molecular complexity index is 1030. The van der Waals surface area contributed by atoms with Gasteiger partial charge in [-0.3, -0.25) is 9.69 Å². The van der Waals surface area contributed by atoms with Gasteiger partial charge < -0.3 is 14.8 Å². The van der Waals surface area contributed by atoms with Crippen LogP contribution in [0.3, 0.4) is 0 Å². The van der Waals surface area contributed by atoms with E-state index in [9.17, 15) is 4.79 Å². The summed E-state index contributed by atoms with van der Waals surface area (Å²) in [6.45, 7) is 5.01. The van der Waals surface area contributed by atoms with Gasteiger partial charge in [-0.25, -0.2) is 0 Å². The lowest BCUT2D eigenvalue weighted by Crippen LogP contribution is -2.36. The first-order chi connectivity index (χ1) is 14.4. The van der Waals surface area contributed by atoms with Gasteiger partial charge >= 0.3 is 0 Å². The molecule has 0 bridgehead atoms. The van der Waals surface area contributed by atoms with Crippen molar-refractivity contribution in [2.45, 2.75) is 26.4 Å². The molecule has 5 nitrogen and oxygen atoms in total. The van der Waals surface area contributed by atoms with E-state index in [1.54, 1.807) is 14.2 Å².